The normalized spacial score (nSPS) is 11.9. The highest BCUT2D eigenvalue weighted by Gasteiger charge is 2.41. The molecule has 11 aromatic carbocycles. The van der Waals surface area contributed by atoms with Gasteiger partial charge in [0.1, 0.15) is 16.7 Å². The van der Waals surface area contributed by atoms with Gasteiger partial charge in [0, 0.05) is 33.1 Å². The van der Waals surface area contributed by atoms with Crippen molar-refractivity contribution in [2.45, 2.75) is 0 Å². The van der Waals surface area contributed by atoms with Crippen molar-refractivity contribution >= 4 is 111 Å². The average Bonchev–Trinajstić information content (AvgIpc) is 4.00. The smallest absolute Gasteiger partial charge is 0.227 e. The largest absolute Gasteiger partial charge is 0.456 e. The first-order valence-electron chi connectivity index (χ1n) is 22.4. The highest BCUT2D eigenvalue weighted by Crippen LogP contribution is 2.48. The van der Waals surface area contributed by atoms with Crippen molar-refractivity contribution in [2.75, 3.05) is 4.90 Å². The summed E-state index contributed by atoms with van der Waals surface area (Å²) >= 11 is 0. The Morgan fingerprint density at radius 2 is 0.939 bits per heavy atom. The van der Waals surface area contributed by atoms with Crippen LogP contribution in [0.15, 0.2) is 251 Å². The molecule has 0 aliphatic carbocycles. The number of para-hydroxylation sites is 1. The van der Waals surface area contributed by atoms with Crippen LogP contribution in [0.4, 0.5) is 17.1 Å². The molecule has 0 radical (unpaired) electrons. The van der Waals surface area contributed by atoms with E-state index in [2.05, 4.69) is 211 Å². The molecule has 2 heterocycles. The fraction of sp³-hybridized carbons (Fsp3) is 0. The molecule has 0 spiro atoms. The van der Waals surface area contributed by atoms with E-state index in [1.165, 1.54) is 20.7 Å². The molecule has 0 saturated heterocycles. The number of hydrogen-bond acceptors (Lipinski definition) is 4. The quantitative estimate of drug-likeness (QED) is 0.0867. The Hall–Kier alpha value is -8.51. The summed E-state index contributed by atoms with van der Waals surface area (Å²) in [7, 11) is -2.92. The van der Waals surface area contributed by atoms with E-state index >= 15 is 0 Å². The van der Waals surface area contributed by atoms with Gasteiger partial charge in [-0.25, -0.2) is 4.98 Å². The fourth-order valence-electron chi connectivity index (χ4n) is 10.5. The summed E-state index contributed by atoms with van der Waals surface area (Å²) in [6.07, 6.45) is 0. The number of benzene rings is 11. The Kier molecular flexibility index (Phi) is 8.83. The number of fused-ring (bicyclic) bond motifs is 9. The van der Waals surface area contributed by atoms with Crippen molar-refractivity contribution < 1.29 is 8.83 Å². The molecule has 13 aromatic rings. The first-order valence-corrected chi connectivity index (χ1v) is 24.4. The monoisotopic (exact) mass is 860 g/mol. The zero-order valence-electron chi connectivity index (χ0n) is 35.8. The van der Waals surface area contributed by atoms with Gasteiger partial charge >= 0.3 is 0 Å². The van der Waals surface area contributed by atoms with Gasteiger partial charge in [0.2, 0.25) is 5.89 Å². The predicted octanol–water partition coefficient (Wildman–Crippen LogP) is 13.7. The highest BCUT2D eigenvalue weighted by molar-refractivity contribution is 7.19. The lowest BCUT2D eigenvalue weighted by Crippen LogP contribution is -2.74. The van der Waals surface area contributed by atoms with Crippen LogP contribution in [0, 0.1) is 0 Å². The molecule has 0 atom stereocenters. The van der Waals surface area contributed by atoms with E-state index in [0.717, 1.165) is 88.0 Å². The molecule has 0 N–H and O–H groups in total. The molecule has 310 valence electrons. The van der Waals surface area contributed by atoms with Gasteiger partial charge in [-0.15, -0.1) is 0 Å². The third kappa shape index (κ3) is 5.94. The molecule has 2 aromatic heterocycles. The van der Waals surface area contributed by atoms with Crippen LogP contribution in [0.25, 0.3) is 76.8 Å². The fourth-order valence-corrected chi connectivity index (χ4v) is 15.2. The number of oxazole rings is 1. The first kappa shape index (κ1) is 38.0. The second kappa shape index (κ2) is 15.3. The molecular weight excluding hydrogens is 821 g/mol. The van der Waals surface area contributed by atoms with Gasteiger partial charge in [-0.05, 0) is 96.9 Å². The highest BCUT2D eigenvalue weighted by atomic mass is 28.3. The summed E-state index contributed by atoms with van der Waals surface area (Å²) in [6, 6.07) is 87.7. The number of anilines is 3. The lowest BCUT2D eigenvalue weighted by atomic mass is 9.98. The number of nitrogens with zero attached hydrogens (tertiary/aromatic N) is 2. The molecule has 0 aliphatic heterocycles. The van der Waals surface area contributed by atoms with Crippen molar-refractivity contribution in [3.8, 4) is 11.5 Å². The van der Waals surface area contributed by atoms with Crippen molar-refractivity contribution in [3.05, 3.63) is 243 Å². The standard InChI is InChI=1S/C61H40N2O2Si/c1-5-18-43(19-6-1)61-62-54-37-35-42-33-32-41-34-36-46(40-53(41)57(42)60(54)65-61)63(59-51-29-14-13-20-44(51)38-56-58(59)52-30-15-16-31-55(52)64-56)45-21-17-28-50(39-45)66(47-22-7-2-8-23-47,48-24-9-3-10-25-48)49-26-11-4-12-27-49/h1-40H. The first-order chi connectivity index (χ1) is 32.7. The van der Waals surface area contributed by atoms with Gasteiger partial charge in [-0.3, -0.25) is 0 Å². The minimum atomic E-state index is -2.92. The average molecular weight is 861 g/mol. The lowest BCUT2D eigenvalue weighted by Gasteiger charge is -2.35. The second-order valence-corrected chi connectivity index (χ2v) is 20.8. The van der Waals surface area contributed by atoms with Gasteiger partial charge in [0.25, 0.3) is 0 Å². The third-order valence-corrected chi connectivity index (χ3v) is 18.1. The molecular formula is C61H40N2O2Si. The maximum absolute atomic E-state index is 6.75. The van der Waals surface area contributed by atoms with Gasteiger partial charge in [-0.2, -0.15) is 0 Å². The van der Waals surface area contributed by atoms with Crippen LogP contribution >= 0.6 is 0 Å². The molecule has 0 bridgehead atoms. The number of rotatable bonds is 8. The van der Waals surface area contributed by atoms with Crippen molar-refractivity contribution in [3.63, 3.8) is 0 Å². The Balaban J connectivity index is 1.14. The zero-order chi connectivity index (χ0) is 43.6. The van der Waals surface area contributed by atoms with Crippen LogP contribution in [0.1, 0.15) is 0 Å². The maximum atomic E-state index is 6.75. The van der Waals surface area contributed by atoms with Gasteiger partial charge in [0.05, 0.1) is 11.1 Å². The van der Waals surface area contributed by atoms with Gasteiger partial charge in [0.15, 0.2) is 13.7 Å². The topological polar surface area (TPSA) is 42.4 Å². The van der Waals surface area contributed by atoms with Crippen molar-refractivity contribution in [1.29, 1.82) is 0 Å². The van der Waals surface area contributed by atoms with Crippen LogP contribution < -0.4 is 25.6 Å². The SMILES string of the molecule is c1ccc(-c2nc3ccc4ccc5ccc(N(c6cccc([Si](c7ccccc7)(c7ccccc7)c7ccccc7)c6)c6c7ccccc7cc7oc8ccccc8c67)cc5c4c3o2)cc1. The van der Waals surface area contributed by atoms with E-state index in [4.69, 9.17) is 13.8 Å². The molecule has 66 heavy (non-hydrogen) atoms. The second-order valence-electron chi connectivity index (χ2n) is 17.0. The zero-order valence-corrected chi connectivity index (χ0v) is 36.8. The Labute approximate surface area is 382 Å². The predicted molar refractivity (Wildman–Crippen MR) is 278 cm³/mol. The molecule has 0 saturated carbocycles. The number of hydrogen-bond donors (Lipinski definition) is 0. The lowest BCUT2D eigenvalue weighted by molar-refractivity contribution is 0.623. The summed E-state index contributed by atoms with van der Waals surface area (Å²) in [4.78, 5) is 7.48. The summed E-state index contributed by atoms with van der Waals surface area (Å²) < 4.78 is 13.5. The summed E-state index contributed by atoms with van der Waals surface area (Å²) in [5.41, 5.74) is 7.37. The van der Waals surface area contributed by atoms with E-state index < -0.39 is 8.07 Å². The molecule has 0 unspecified atom stereocenters. The van der Waals surface area contributed by atoms with E-state index in [9.17, 15) is 0 Å². The van der Waals surface area contributed by atoms with Crippen LogP contribution in [0.5, 0.6) is 0 Å². The number of aromatic nitrogens is 1. The van der Waals surface area contributed by atoms with E-state index in [1.54, 1.807) is 0 Å². The third-order valence-electron chi connectivity index (χ3n) is 13.4. The van der Waals surface area contributed by atoms with E-state index in [-0.39, 0.29) is 0 Å². The maximum Gasteiger partial charge on any atom is 0.227 e. The molecule has 0 amide bonds. The summed E-state index contributed by atoms with van der Waals surface area (Å²) in [5.74, 6) is 0.609. The molecule has 4 nitrogen and oxygen atoms in total. The molecule has 0 aliphatic rings. The van der Waals surface area contributed by atoms with Gasteiger partial charge in [-0.1, -0.05) is 188 Å². The number of furan rings is 1. The molecule has 13 rings (SSSR count). The minimum absolute atomic E-state index is 0.609. The summed E-state index contributed by atoms with van der Waals surface area (Å²) in [6.45, 7) is 0. The van der Waals surface area contributed by atoms with Crippen LogP contribution in [-0.2, 0) is 0 Å². The van der Waals surface area contributed by atoms with Crippen molar-refractivity contribution in [1.82, 2.24) is 4.98 Å². The Bertz CT molecular complexity index is 3840. The Morgan fingerprint density at radius 1 is 0.364 bits per heavy atom. The van der Waals surface area contributed by atoms with Gasteiger partial charge < -0.3 is 13.7 Å². The minimum Gasteiger partial charge on any atom is -0.456 e. The molecule has 0 fully saturated rings. The summed E-state index contributed by atoms with van der Waals surface area (Å²) in [5, 5.41) is 13.9. The molecule has 5 heteroatoms. The van der Waals surface area contributed by atoms with Crippen LogP contribution in [-0.4, -0.2) is 13.1 Å². The van der Waals surface area contributed by atoms with E-state index in [1.807, 2.05) is 36.4 Å². The Morgan fingerprint density at radius 3 is 1.67 bits per heavy atom. The van der Waals surface area contributed by atoms with Crippen molar-refractivity contribution in [2.24, 2.45) is 0 Å². The van der Waals surface area contributed by atoms with Crippen LogP contribution in [0.3, 0.4) is 0 Å². The van der Waals surface area contributed by atoms with Crippen LogP contribution in [0.2, 0.25) is 0 Å². The van der Waals surface area contributed by atoms with E-state index in [0.29, 0.717) is 5.89 Å².